The summed E-state index contributed by atoms with van der Waals surface area (Å²) in [6.07, 6.45) is -0.0141. The van der Waals surface area contributed by atoms with E-state index < -0.39 is 6.10 Å². The van der Waals surface area contributed by atoms with Gasteiger partial charge in [-0.25, -0.2) is 0 Å². The van der Waals surface area contributed by atoms with E-state index in [4.69, 9.17) is 18.9 Å². The molecule has 2 N–H and O–H groups in total. The highest BCUT2D eigenvalue weighted by Gasteiger charge is 2.51. The van der Waals surface area contributed by atoms with Gasteiger partial charge in [-0.1, -0.05) is 6.07 Å². The quantitative estimate of drug-likeness (QED) is 0.772. The van der Waals surface area contributed by atoms with Gasteiger partial charge < -0.3 is 33.6 Å². The number of aromatic hydroxyl groups is 1. The van der Waals surface area contributed by atoms with Gasteiger partial charge in [0, 0.05) is 6.42 Å². The Morgan fingerprint density at radius 3 is 2.75 bits per heavy atom. The fourth-order valence-electron chi connectivity index (χ4n) is 5.11. The Bertz CT molecular complexity index is 974. The lowest BCUT2D eigenvalue weighted by molar-refractivity contribution is -0.960. The highest BCUT2D eigenvalue weighted by Crippen LogP contribution is 2.57. The number of rotatable bonds is 2. The van der Waals surface area contributed by atoms with Crippen LogP contribution in [0.15, 0.2) is 18.2 Å². The van der Waals surface area contributed by atoms with Crippen molar-refractivity contribution in [3.05, 3.63) is 40.5 Å². The smallest absolute Gasteiger partial charge is 0.231 e. The number of phenolic OH excluding ortho intramolecular Hbond substituents is 1. The summed E-state index contributed by atoms with van der Waals surface area (Å²) in [7, 11) is 5.34. The van der Waals surface area contributed by atoms with Crippen molar-refractivity contribution in [2.24, 2.45) is 0 Å². The molecule has 7 heteroatoms. The van der Waals surface area contributed by atoms with Gasteiger partial charge in [0.25, 0.3) is 0 Å². The summed E-state index contributed by atoms with van der Waals surface area (Å²) in [4.78, 5) is 0. The number of quaternary nitrogens is 1. The number of nitrogens with zero attached hydrogens (tertiary/aromatic N) is 1. The molecule has 3 aliphatic heterocycles. The second-order valence-corrected chi connectivity index (χ2v) is 7.90. The minimum Gasteiger partial charge on any atom is -0.504 e. The van der Waals surface area contributed by atoms with Crippen LogP contribution in [0.3, 0.4) is 0 Å². The third-order valence-corrected chi connectivity index (χ3v) is 6.44. The van der Waals surface area contributed by atoms with Crippen molar-refractivity contribution >= 4 is 0 Å². The molecule has 0 bridgehead atoms. The molecule has 28 heavy (non-hydrogen) atoms. The summed E-state index contributed by atoms with van der Waals surface area (Å²) in [5.41, 5.74) is 3.52. The second kappa shape index (κ2) is 5.93. The summed E-state index contributed by atoms with van der Waals surface area (Å²) in [6.45, 7) is 1.60. The molecular formula is C21H24NO6+. The normalized spacial score (nSPS) is 26.9. The van der Waals surface area contributed by atoms with Gasteiger partial charge in [-0.3, -0.25) is 0 Å². The molecule has 0 saturated carbocycles. The fraction of sp³-hybridized carbons (Fsp3) is 0.429. The molecule has 2 aromatic carbocycles. The maximum absolute atomic E-state index is 11.4. The van der Waals surface area contributed by atoms with E-state index in [9.17, 15) is 10.2 Å². The van der Waals surface area contributed by atoms with E-state index in [2.05, 4.69) is 7.05 Å². The Hall–Kier alpha value is -2.64. The lowest BCUT2D eigenvalue weighted by Gasteiger charge is -2.50. The Morgan fingerprint density at radius 2 is 2.00 bits per heavy atom. The van der Waals surface area contributed by atoms with Crippen LogP contribution in [0.4, 0.5) is 0 Å². The molecule has 0 aliphatic carbocycles. The first kappa shape index (κ1) is 17.5. The predicted molar refractivity (Wildman–Crippen MR) is 99.9 cm³/mol. The summed E-state index contributed by atoms with van der Waals surface area (Å²) in [6, 6.07) is 5.35. The molecule has 3 heterocycles. The van der Waals surface area contributed by atoms with Crippen molar-refractivity contribution in [1.29, 1.82) is 0 Å². The molecule has 0 fully saturated rings. The summed E-state index contributed by atoms with van der Waals surface area (Å²) in [5.74, 6) is 2.35. The number of hydrogen-bond acceptors (Lipinski definition) is 6. The molecule has 0 spiro atoms. The van der Waals surface area contributed by atoms with Crippen LogP contribution >= 0.6 is 0 Å². The first-order valence-electron chi connectivity index (χ1n) is 9.39. The van der Waals surface area contributed by atoms with E-state index in [-0.39, 0.29) is 18.6 Å². The van der Waals surface area contributed by atoms with Crippen molar-refractivity contribution in [1.82, 2.24) is 0 Å². The fourth-order valence-corrected chi connectivity index (χ4v) is 5.11. The van der Waals surface area contributed by atoms with Crippen LogP contribution in [0.25, 0.3) is 0 Å². The summed E-state index contributed by atoms with van der Waals surface area (Å²) < 4.78 is 22.6. The predicted octanol–water partition coefficient (Wildman–Crippen LogP) is 2.43. The number of aliphatic hydroxyl groups excluding tert-OH is 1. The Balaban J connectivity index is 1.71. The molecule has 0 aromatic heterocycles. The summed E-state index contributed by atoms with van der Waals surface area (Å²) in [5, 5.41) is 22.4. The molecule has 148 valence electrons. The Kier molecular flexibility index (Phi) is 3.70. The number of ether oxygens (including phenoxy) is 4. The van der Waals surface area contributed by atoms with Crippen molar-refractivity contribution < 1.29 is 33.6 Å². The molecule has 0 amide bonds. The largest absolute Gasteiger partial charge is 0.504 e. The zero-order chi connectivity index (χ0) is 19.6. The monoisotopic (exact) mass is 386 g/mol. The van der Waals surface area contributed by atoms with Gasteiger partial charge in [0.15, 0.2) is 23.0 Å². The highest BCUT2D eigenvalue weighted by atomic mass is 16.7. The van der Waals surface area contributed by atoms with Crippen molar-refractivity contribution in [2.45, 2.75) is 25.1 Å². The molecule has 0 saturated heterocycles. The second-order valence-electron chi connectivity index (χ2n) is 7.90. The number of likely N-dealkylation sites (N-methyl/N-ethyl adjacent to an activating group) is 1. The Morgan fingerprint density at radius 1 is 1.18 bits per heavy atom. The van der Waals surface area contributed by atoms with Crippen molar-refractivity contribution in [2.75, 3.05) is 34.6 Å². The number of methoxy groups -OCH3 is 2. The lowest BCUT2D eigenvalue weighted by Crippen LogP contribution is -2.55. The third kappa shape index (κ3) is 2.17. The SMILES string of the molecule is COc1ccc2c(c1OC)C[N+]1(C)CCc3cc4c(c(O)c3C1C2O)OCO4. The zero-order valence-corrected chi connectivity index (χ0v) is 16.2. The number of fused-ring (bicyclic) bond motifs is 5. The number of benzene rings is 2. The number of phenols is 1. The van der Waals surface area contributed by atoms with Gasteiger partial charge in [-0.2, -0.15) is 0 Å². The van der Waals surface area contributed by atoms with Crippen LogP contribution in [0.2, 0.25) is 0 Å². The molecule has 3 unspecified atom stereocenters. The van der Waals surface area contributed by atoms with Crippen LogP contribution < -0.4 is 18.9 Å². The maximum atomic E-state index is 11.4. The van der Waals surface area contributed by atoms with Crippen LogP contribution in [0.5, 0.6) is 28.7 Å². The molecule has 5 rings (SSSR count). The molecule has 0 radical (unpaired) electrons. The highest BCUT2D eigenvalue weighted by molar-refractivity contribution is 5.62. The minimum atomic E-state index is -0.793. The number of hydrogen-bond donors (Lipinski definition) is 2. The summed E-state index contributed by atoms with van der Waals surface area (Å²) >= 11 is 0. The average Bonchev–Trinajstić information content (AvgIpc) is 3.16. The molecule has 2 aromatic rings. The van der Waals surface area contributed by atoms with Crippen LogP contribution in [-0.4, -0.2) is 49.3 Å². The van der Waals surface area contributed by atoms with E-state index in [1.54, 1.807) is 14.2 Å². The Labute approximate surface area is 163 Å². The minimum absolute atomic E-state index is 0.0852. The van der Waals surface area contributed by atoms with Crippen LogP contribution in [-0.2, 0) is 13.0 Å². The molecular weight excluding hydrogens is 362 g/mol. The molecule has 3 atom stereocenters. The van der Waals surface area contributed by atoms with Crippen LogP contribution in [0.1, 0.15) is 34.4 Å². The first-order valence-corrected chi connectivity index (χ1v) is 9.39. The first-order chi connectivity index (χ1) is 13.5. The van der Waals surface area contributed by atoms with Crippen molar-refractivity contribution in [3.63, 3.8) is 0 Å². The van der Waals surface area contributed by atoms with E-state index in [0.717, 1.165) is 35.2 Å². The van der Waals surface area contributed by atoms with E-state index >= 15 is 0 Å². The van der Waals surface area contributed by atoms with E-state index in [1.165, 1.54) is 0 Å². The van der Waals surface area contributed by atoms with Crippen LogP contribution in [0, 0.1) is 0 Å². The maximum Gasteiger partial charge on any atom is 0.231 e. The topological polar surface area (TPSA) is 77.4 Å². The molecule has 7 nitrogen and oxygen atoms in total. The van der Waals surface area contributed by atoms with Gasteiger partial charge in [0.1, 0.15) is 18.7 Å². The third-order valence-electron chi connectivity index (χ3n) is 6.44. The van der Waals surface area contributed by atoms with E-state index in [0.29, 0.717) is 34.0 Å². The standard InChI is InChI=1S/C21H23NO6/c1-22-7-6-11-8-15-21(28-10-27-15)19(24)16(11)17(22)18(23)12-4-5-14(25-2)20(26-3)13(12)9-22/h4-5,8,17-18,23H,6-7,9-10H2,1-3H3/p+1. The van der Waals surface area contributed by atoms with Gasteiger partial charge in [-0.15, -0.1) is 0 Å². The van der Waals surface area contributed by atoms with Gasteiger partial charge in [-0.05, 0) is 23.3 Å². The zero-order valence-electron chi connectivity index (χ0n) is 16.2. The molecule has 3 aliphatic rings. The number of aliphatic hydroxyl groups is 1. The van der Waals surface area contributed by atoms with Crippen molar-refractivity contribution in [3.8, 4) is 28.7 Å². The van der Waals surface area contributed by atoms with E-state index in [1.807, 2.05) is 18.2 Å². The average molecular weight is 386 g/mol. The lowest BCUT2D eigenvalue weighted by atomic mass is 9.79. The van der Waals surface area contributed by atoms with Gasteiger partial charge in [0.05, 0.1) is 38.9 Å². The van der Waals surface area contributed by atoms with Gasteiger partial charge in [0.2, 0.25) is 12.5 Å². The van der Waals surface area contributed by atoms with Gasteiger partial charge >= 0.3 is 0 Å².